The van der Waals surface area contributed by atoms with Crippen LogP contribution >= 0.6 is 0 Å². The van der Waals surface area contributed by atoms with Crippen molar-refractivity contribution >= 4 is 5.91 Å². The van der Waals surface area contributed by atoms with Gasteiger partial charge in [-0.05, 0) is 75.5 Å². The van der Waals surface area contributed by atoms with Gasteiger partial charge in [0, 0.05) is 43.8 Å². The number of likely N-dealkylation sites (tertiary alicyclic amines) is 1. The molecule has 0 radical (unpaired) electrons. The van der Waals surface area contributed by atoms with E-state index in [4.69, 9.17) is 14.3 Å². The Balaban J connectivity index is 1.49. The first-order valence-corrected chi connectivity index (χ1v) is 14.9. The monoisotopic (exact) mass is 558 g/mol. The normalized spacial score (nSPS) is 22.0. The molecule has 2 fully saturated rings. The van der Waals surface area contributed by atoms with E-state index in [1.807, 2.05) is 11.1 Å². The standard InChI is InChI=1S/C31H50N4O5/c1-7-8-12-33(13-9-11-32(5)6)29(37)19-34-18-25(15-26(34)10-14-35-20-31(3,4)21-40-35)23(2)24-16-27(36)30-28(17-24)38-22-39-30/h10,16-17,23,25,36H,7-9,11-15,18-22H2,1-6H3/b26-10+/t23-,25?/m0/s1. The molecule has 1 unspecified atom stereocenters. The maximum Gasteiger partial charge on any atom is 0.242 e. The zero-order valence-corrected chi connectivity index (χ0v) is 25.4. The van der Waals surface area contributed by atoms with Crippen molar-refractivity contribution in [3.63, 3.8) is 0 Å². The third-order valence-electron chi connectivity index (χ3n) is 8.31. The van der Waals surface area contributed by atoms with Crippen LogP contribution in [0.25, 0.3) is 0 Å². The Kier molecular flexibility index (Phi) is 10.2. The van der Waals surface area contributed by atoms with Gasteiger partial charge in [-0.3, -0.25) is 9.63 Å². The van der Waals surface area contributed by atoms with Crippen molar-refractivity contribution in [1.29, 1.82) is 0 Å². The lowest BCUT2D eigenvalue weighted by Gasteiger charge is -2.28. The number of amides is 1. The molecule has 40 heavy (non-hydrogen) atoms. The molecule has 0 aliphatic carbocycles. The fourth-order valence-corrected chi connectivity index (χ4v) is 5.83. The summed E-state index contributed by atoms with van der Waals surface area (Å²) in [6, 6.07) is 3.79. The van der Waals surface area contributed by atoms with Gasteiger partial charge in [0.25, 0.3) is 0 Å². The number of unbranched alkanes of at least 4 members (excludes halogenated alkanes) is 1. The van der Waals surface area contributed by atoms with Crippen molar-refractivity contribution in [2.75, 3.05) is 73.3 Å². The number of phenols is 1. The Morgan fingerprint density at radius 1 is 1.20 bits per heavy atom. The van der Waals surface area contributed by atoms with Gasteiger partial charge >= 0.3 is 0 Å². The van der Waals surface area contributed by atoms with Gasteiger partial charge in [-0.25, -0.2) is 0 Å². The number of allylic oxidation sites excluding steroid dienone is 1. The molecule has 1 aromatic carbocycles. The van der Waals surface area contributed by atoms with E-state index in [9.17, 15) is 9.90 Å². The van der Waals surface area contributed by atoms with Gasteiger partial charge in [0.1, 0.15) is 0 Å². The summed E-state index contributed by atoms with van der Waals surface area (Å²) in [5.74, 6) is 1.81. The van der Waals surface area contributed by atoms with E-state index in [0.717, 1.165) is 70.6 Å². The Labute approximate surface area is 240 Å². The summed E-state index contributed by atoms with van der Waals surface area (Å²) in [7, 11) is 4.15. The number of hydrogen-bond donors (Lipinski definition) is 1. The van der Waals surface area contributed by atoms with Gasteiger partial charge in [-0.1, -0.05) is 34.1 Å². The van der Waals surface area contributed by atoms with E-state index < -0.39 is 0 Å². The smallest absolute Gasteiger partial charge is 0.242 e. The number of carbonyl (C=O) groups excluding carboxylic acids is 1. The number of hydroxylamine groups is 2. The van der Waals surface area contributed by atoms with Gasteiger partial charge < -0.3 is 29.3 Å². The SMILES string of the molecule is CCCCN(CCCN(C)C)C(=O)CN1CC([C@@H](C)c2cc(O)c3c(c2)OCO3)C/C1=C\CN1CC(C)(C)CO1. The molecule has 3 heterocycles. The summed E-state index contributed by atoms with van der Waals surface area (Å²) in [5.41, 5.74) is 2.37. The largest absolute Gasteiger partial charge is 0.504 e. The molecule has 1 N–H and O–H groups in total. The first kappa shape index (κ1) is 30.5. The fourth-order valence-electron chi connectivity index (χ4n) is 5.83. The highest BCUT2D eigenvalue weighted by molar-refractivity contribution is 5.78. The topological polar surface area (TPSA) is 78.0 Å². The van der Waals surface area contributed by atoms with Crippen molar-refractivity contribution in [2.45, 2.75) is 59.3 Å². The molecule has 9 heteroatoms. The molecule has 0 aromatic heterocycles. The Morgan fingerprint density at radius 2 is 1.98 bits per heavy atom. The van der Waals surface area contributed by atoms with Gasteiger partial charge in [0.15, 0.2) is 11.5 Å². The van der Waals surface area contributed by atoms with E-state index in [-0.39, 0.29) is 29.8 Å². The first-order valence-electron chi connectivity index (χ1n) is 14.9. The summed E-state index contributed by atoms with van der Waals surface area (Å²) >= 11 is 0. The maximum atomic E-state index is 13.6. The minimum absolute atomic E-state index is 0.121. The Morgan fingerprint density at radius 3 is 2.67 bits per heavy atom. The molecule has 2 saturated heterocycles. The van der Waals surface area contributed by atoms with Crippen LogP contribution in [-0.4, -0.2) is 104 Å². The van der Waals surface area contributed by atoms with E-state index in [1.54, 1.807) is 6.07 Å². The highest BCUT2D eigenvalue weighted by Crippen LogP contribution is 2.45. The molecule has 1 amide bonds. The number of nitrogens with zero attached hydrogens (tertiary/aromatic N) is 4. The van der Waals surface area contributed by atoms with Gasteiger partial charge in [0.2, 0.25) is 18.4 Å². The Hall–Kier alpha value is -2.49. The van der Waals surface area contributed by atoms with E-state index in [0.29, 0.717) is 30.5 Å². The minimum Gasteiger partial charge on any atom is -0.504 e. The molecule has 3 aliphatic rings. The number of ether oxygens (including phenoxy) is 2. The molecule has 0 spiro atoms. The lowest BCUT2D eigenvalue weighted by atomic mass is 9.86. The summed E-state index contributed by atoms with van der Waals surface area (Å²) in [6.45, 7) is 15.0. The van der Waals surface area contributed by atoms with Crippen molar-refractivity contribution in [1.82, 2.24) is 19.8 Å². The number of carbonyl (C=O) groups is 1. The molecule has 224 valence electrons. The van der Waals surface area contributed by atoms with Crippen molar-refractivity contribution in [3.8, 4) is 17.2 Å². The van der Waals surface area contributed by atoms with Gasteiger partial charge in [0.05, 0.1) is 13.2 Å². The van der Waals surface area contributed by atoms with E-state index >= 15 is 0 Å². The number of aromatic hydroxyl groups is 1. The van der Waals surface area contributed by atoms with Crippen LogP contribution in [-0.2, 0) is 9.63 Å². The summed E-state index contributed by atoms with van der Waals surface area (Å²) in [5, 5.41) is 12.5. The zero-order chi connectivity index (χ0) is 28.9. The molecule has 2 atom stereocenters. The maximum absolute atomic E-state index is 13.6. The van der Waals surface area contributed by atoms with Crippen LogP contribution in [0, 0.1) is 11.3 Å². The fraction of sp³-hybridized carbons (Fsp3) is 0.710. The third kappa shape index (κ3) is 7.83. The summed E-state index contributed by atoms with van der Waals surface area (Å²) in [6.07, 6.45) is 6.18. The van der Waals surface area contributed by atoms with Crippen LogP contribution in [0.5, 0.6) is 17.2 Å². The average Bonchev–Trinajstić information content (AvgIpc) is 3.62. The average molecular weight is 559 g/mol. The second kappa shape index (κ2) is 13.4. The number of rotatable bonds is 13. The second-order valence-corrected chi connectivity index (χ2v) is 12.8. The van der Waals surface area contributed by atoms with Crippen LogP contribution in [0.2, 0.25) is 0 Å². The summed E-state index contributed by atoms with van der Waals surface area (Å²) < 4.78 is 11.0. The number of fused-ring (bicyclic) bond motifs is 1. The highest BCUT2D eigenvalue weighted by atomic mass is 16.7. The van der Waals surface area contributed by atoms with E-state index in [1.165, 1.54) is 5.70 Å². The first-order chi connectivity index (χ1) is 19.1. The summed E-state index contributed by atoms with van der Waals surface area (Å²) in [4.78, 5) is 26.1. The number of benzene rings is 1. The van der Waals surface area contributed by atoms with E-state index in [2.05, 4.69) is 62.6 Å². The predicted molar refractivity (Wildman–Crippen MR) is 156 cm³/mol. The van der Waals surface area contributed by atoms with Gasteiger partial charge in [-0.2, -0.15) is 5.06 Å². The number of hydrogen-bond acceptors (Lipinski definition) is 8. The van der Waals surface area contributed by atoms with Crippen LogP contribution in [0.4, 0.5) is 0 Å². The molecule has 3 aliphatic heterocycles. The number of phenolic OH excluding ortho intramolecular Hbond substituents is 1. The van der Waals surface area contributed by atoms with Crippen molar-refractivity contribution < 1.29 is 24.2 Å². The molecular formula is C31H50N4O5. The van der Waals surface area contributed by atoms with Gasteiger partial charge in [-0.15, -0.1) is 0 Å². The minimum atomic E-state index is 0.121. The second-order valence-electron chi connectivity index (χ2n) is 12.8. The van der Waals surface area contributed by atoms with Crippen LogP contribution in [0.3, 0.4) is 0 Å². The lowest BCUT2D eigenvalue weighted by Crippen LogP contribution is -2.41. The van der Waals surface area contributed by atoms with Crippen LogP contribution in [0.15, 0.2) is 23.9 Å². The molecule has 9 nitrogen and oxygen atoms in total. The quantitative estimate of drug-likeness (QED) is 0.384. The predicted octanol–water partition coefficient (Wildman–Crippen LogP) is 4.28. The van der Waals surface area contributed by atoms with Crippen LogP contribution < -0.4 is 9.47 Å². The molecule has 4 rings (SSSR count). The third-order valence-corrected chi connectivity index (χ3v) is 8.31. The molecule has 1 aromatic rings. The molecule has 0 saturated carbocycles. The zero-order valence-electron chi connectivity index (χ0n) is 25.4. The Bertz CT molecular complexity index is 1040. The highest BCUT2D eigenvalue weighted by Gasteiger charge is 2.35. The molecule has 0 bridgehead atoms. The lowest BCUT2D eigenvalue weighted by molar-refractivity contribution is -0.132. The van der Waals surface area contributed by atoms with Crippen molar-refractivity contribution in [2.24, 2.45) is 11.3 Å². The van der Waals surface area contributed by atoms with Crippen LogP contribution in [0.1, 0.15) is 64.9 Å². The van der Waals surface area contributed by atoms with Crippen molar-refractivity contribution in [3.05, 3.63) is 29.5 Å². The molecular weight excluding hydrogens is 508 g/mol.